The molecular weight excluding hydrogens is 304 g/mol. The molecular formula is C18H12N4S. The fourth-order valence-electron chi connectivity index (χ4n) is 2.22. The van der Waals surface area contributed by atoms with Gasteiger partial charge >= 0.3 is 0 Å². The lowest BCUT2D eigenvalue weighted by Crippen LogP contribution is -1.85. The van der Waals surface area contributed by atoms with Gasteiger partial charge in [-0.05, 0) is 30.4 Å². The van der Waals surface area contributed by atoms with E-state index in [0.29, 0.717) is 5.82 Å². The van der Waals surface area contributed by atoms with Crippen molar-refractivity contribution in [2.24, 2.45) is 0 Å². The summed E-state index contributed by atoms with van der Waals surface area (Å²) in [6.45, 7) is 0. The van der Waals surface area contributed by atoms with Gasteiger partial charge in [0.2, 0.25) is 0 Å². The second-order valence-electron chi connectivity index (χ2n) is 4.91. The quantitative estimate of drug-likeness (QED) is 0.565. The standard InChI is InChI=1S/C18H12N4S/c1-2-5-16-13(4-1)6-7-14(21-16)8-9-15-12-23-18(22-15)17-19-10-3-11-20-17/h1-12H/b9-8+. The van der Waals surface area contributed by atoms with Crippen LogP contribution in [0.25, 0.3) is 33.9 Å². The van der Waals surface area contributed by atoms with E-state index in [-0.39, 0.29) is 0 Å². The molecule has 0 radical (unpaired) electrons. The molecule has 1 aromatic carbocycles. The van der Waals surface area contributed by atoms with Gasteiger partial charge in [-0.2, -0.15) is 0 Å². The fraction of sp³-hybridized carbons (Fsp3) is 0. The van der Waals surface area contributed by atoms with Crippen LogP contribution in [0.2, 0.25) is 0 Å². The van der Waals surface area contributed by atoms with Crippen LogP contribution in [0, 0.1) is 0 Å². The van der Waals surface area contributed by atoms with Gasteiger partial charge in [0.25, 0.3) is 0 Å². The normalized spacial score (nSPS) is 11.3. The Morgan fingerprint density at radius 1 is 0.783 bits per heavy atom. The van der Waals surface area contributed by atoms with Crippen molar-refractivity contribution in [1.82, 2.24) is 19.9 Å². The topological polar surface area (TPSA) is 51.6 Å². The maximum absolute atomic E-state index is 4.62. The monoisotopic (exact) mass is 316 g/mol. The van der Waals surface area contributed by atoms with E-state index < -0.39 is 0 Å². The summed E-state index contributed by atoms with van der Waals surface area (Å²) in [5.41, 5.74) is 2.79. The molecule has 3 heterocycles. The average molecular weight is 316 g/mol. The molecule has 0 bridgehead atoms. The third kappa shape index (κ3) is 3.00. The number of pyridine rings is 1. The molecule has 0 atom stereocenters. The van der Waals surface area contributed by atoms with Crippen LogP contribution in [0.4, 0.5) is 0 Å². The third-order valence-electron chi connectivity index (χ3n) is 3.32. The molecule has 5 heteroatoms. The SMILES string of the molecule is C(=C\c1ccc2ccccc2n1)/c1csc(-c2ncccn2)n1. The van der Waals surface area contributed by atoms with Crippen molar-refractivity contribution in [2.75, 3.05) is 0 Å². The first-order valence-corrected chi connectivity index (χ1v) is 8.03. The van der Waals surface area contributed by atoms with Crippen LogP contribution in [0.5, 0.6) is 0 Å². The highest BCUT2D eigenvalue weighted by Crippen LogP contribution is 2.21. The zero-order valence-corrected chi connectivity index (χ0v) is 12.9. The lowest BCUT2D eigenvalue weighted by atomic mass is 10.2. The first-order valence-electron chi connectivity index (χ1n) is 7.15. The van der Waals surface area contributed by atoms with Crippen LogP contribution < -0.4 is 0 Å². The molecule has 0 fully saturated rings. The lowest BCUT2D eigenvalue weighted by molar-refractivity contribution is 1.16. The predicted octanol–water partition coefficient (Wildman–Crippen LogP) is 4.32. The van der Waals surface area contributed by atoms with Crippen molar-refractivity contribution < 1.29 is 0 Å². The smallest absolute Gasteiger partial charge is 0.188 e. The highest BCUT2D eigenvalue weighted by atomic mass is 32.1. The summed E-state index contributed by atoms with van der Waals surface area (Å²) < 4.78 is 0. The zero-order chi connectivity index (χ0) is 15.5. The Morgan fingerprint density at radius 2 is 1.61 bits per heavy atom. The number of hydrogen-bond acceptors (Lipinski definition) is 5. The largest absolute Gasteiger partial charge is 0.248 e. The van der Waals surface area contributed by atoms with Gasteiger partial charge in [0, 0.05) is 23.2 Å². The van der Waals surface area contributed by atoms with Gasteiger partial charge in [0.05, 0.1) is 16.9 Å². The van der Waals surface area contributed by atoms with Crippen LogP contribution >= 0.6 is 11.3 Å². The van der Waals surface area contributed by atoms with Crippen LogP contribution in [-0.4, -0.2) is 19.9 Å². The molecule has 23 heavy (non-hydrogen) atoms. The Kier molecular flexibility index (Phi) is 3.62. The van der Waals surface area contributed by atoms with Crippen LogP contribution in [0.15, 0.2) is 60.2 Å². The van der Waals surface area contributed by atoms with E-state index in [1.807, 2.05) is 41.8 Å². The lowest BCUT2D eigenvalue weighted by Gasteiger charge is -1.97. The van der Waals surface area contributed by atoms with Gasteiger partial charge < -0.3 is 0 Å². The van der Waals surface area contributed by atoms with E-state index in [9.17, 15) is 0 Å². The van der Waals surface area contributed by atoms with E-state index in [1.54, 1.807) is 18.5 Å². The number of aromatic nitrogens is 4. The fourth-order valence-corrected chi connectivity index (χ4v) is 2.95. The molecule has 0 spiro atoms. The Bertz CT molecular complexity index is 976. The Balaban J connectivity index is 1.59. The van der Waals surface area contributed by atoms with E-state index in [4.69, 9.17) is 0 Å². The maximum Gasteiger partial charge on any atom is 0.188 e. The van der Waals surface area contributed by atoms with Crippen molar-refractivity contribution in [3.63, 3.8) is 0 Å². The van der Waals surface area contributed by atoms with Crippen LogP contribution in [0.3, 0.4) is 0 Å². The molecule has 0 amide bonds. The number of nitrogens with zero attached hydrogens (tertiary/aromatic N) is 4. The summed E-state index contributed by atoms with van der Waals surface area (Å²) in [6, 6.07) is 14.0. The highest BCUT2D eigenvalue weighted by Gasteiger charge is 2.04. The summed E-state index contributed by atoms with van der Waals surface area (Å²) in [5.74, 6) is 0.654. The number of para-hydroxylation sites is 1. The van der Waals surface area contributed by atoms with Gasteiger partial charge in [-0.25, -0.2) is 19.9 Å². The average Bonchev–Trinajstić information content (AvgIpc) is 3.10. The van der Waals surface area contributed by atoms with Gasteiger partial charge in [-0.3, -0.25) is 0 Å². The molecule has 0 unspecified atom stereocenters. The van der Waals surface area contributed by atoms with Crippen molar-refractivity contribution in [2.45, 2.75) is 0 Å². The van der Waals surface area contributed by atoms with Crippen LogP contribution in [-0.2, 0) is 0 Å². The van der Waals surface area contributed by atoms with Crippen molar-refractivity contribution in [3.05, 3.63) is 71.6 Å². The first-order chi connectivity index (χ1) is 11.4. The van der Waals surface area contributed by atoms with E-state index in [2.05, 4.69) is 32.1 Å². The Hall–Kier alpha value is -2.92. The summed E-state index contributed by atoms with van der Waals surface area (Å²) in [4.78, 5) is 17.6. The minimum absolute atomic E-state index is 0.654. The Morgan fingerprint density at radius 3 is 2.52 bits per heavy atom. The van der Waals surface area contributed by atoms with Crippen molar-refractivity contribution >= 4 is 34.4 Å². The molecule has 0 aliphatic rings. The molecule has 0 saturated heterocycles. The van der Waals surface area contributed by atoms with Crippen molar-refractivity contribution in [1.29, 1.82) is 0 Å². The summed E-state index contributed by atoms with van der Waals surface area (Å²) in [5, 5.41) is 3.95. The summed E-state index contributed by atoms with van der Waals surface area (Å²) in [6.07, 6.45) is 7.37. The van der Waals surface area contributed by atoms with Gasteiger partial charge in [0.1, 0.15) is 0 Å². The molecule has 4 rings (SSSR count). The van der Waals surface area contributed by atoms with E-state index in [1.165, 1.54) is 11.3 Å². The maximum atomic E-state index is 4.62. The second-order valence-corrected chi connectivity index (χ2v) is 5.77. The molecule has 0 aliphatic carbocycles. The van der Waals surface area contributed by atoms with Gasteiger partial charge in [-0.1, -0.05) is 24.3 Å². The van der Waals surface area contributed by atoms with Crippen molar-refractivity contribution in [3.8, 4) is 10.8 Å². The molecule has 0 N–H and O–H groups in total. The molecule has 4 nitrogen and oxygen atoms in total. The number of hydrogen-bond donors (Lipinski definition) is 0. The molecule has 3 aromatic heterocycles. The van der Waals surface area contributed by atoms with Crippen LogP contribution in [0.1, 0.15) is 11.4 Å². The number of thiazole rings is 1. The molecule has 0 aliphatic heterocycles. The summed E-state index contributed by atoms with van der Waals surface area (Å²) in [7, 11) is 0. The molecule has 4 aromatic rings. The van der Waals surface area contributed by atoms with E-state index in [0.717, 1.165) is 27.3 Å². The first kappa shape index (κ1) is 13.7. The number of benzene rings is 1. The number of fused-ring (bicyclic) bond motifs is 1. The third-order valence-corrected chi connectivity index (χ3v) is 4.18. The van der Waals surface area contributed by atoms with Gasteiger partial charge in [-0.15, -0.1) is 11.3 Å². The highest BCUT2D eigenvalue weighted by molar-refractivity contribution is 7.13. The number of rotatable bonds is 3. The predicted molar refractivity (Wildman–Crippen MR) is 93.8 cm³/mol. The minimum atomic E-state index is 0.654. The zero-order valence-electron chi connectivity index (χ0n) is 12.1. The van der Waals surface area contributed by atoms with Gasteiger partial charge in [0.15, 0.2) is 10.8 Å². The Labute approximate surface area is 137 Å². The van der Waals surface area contributed by atoms with E-state index >= 15 is 0 Å². The minimum Gasteiger partial charge on any atom is -0.248 e. The second kappa shape index (κ2) is 6.06. The molecule has 110 valence electrons. The molecule has 0 saturated carbocycles. The summed E-state index contributed by atoms with van der Waals surface area (Å²) >= 11 is 1.53.